The summed E-state index contributed by atoms with van der Waals surface area (Å²) in [6.45, 7) is 5.35. The molecular formula is C32H33ClN4O4S. The van der Waals surface area contributed by atoms with E-state index in [1.54, 1.807) is 93.6 Å². The van der Waals surface area contributed by atoms with Crippen molar-refractivity contribution in [3.8, 4) is 11.1 Å². The fourth-order valence-electron chi connectivity index (χ4n) is 4.28. The van der Waals surface area contributed by atoms with Gasteiger partial charge in [0.2, 0.25) is 15.9 Å². The molecular weight excluding hydrogens is 572 g/mol. The number of carbonyl (C=O) groups is 2. The number of nitrogens with one attached hydrogen (secondary N) is 4. The van der Waals surface area contributed by atoms with Crippen molar-refractivity contribution in [1.82, 2.24) is 10.0 Å². The van der Waals surface area contributed by atoms with Crippen LogP contribution in [0.3, 0.4) is 0 Å². The molecule has 0 spiro atoms. The van der Waals surface area contributed by atoms with E-state index in [4.69, 9.17) is 11.6 Å². The molecule has 0 unspecified atom stereocenters. The smallest absolute Gasteiger partial charge is 0.319 e. The lowest BCUT2D eigenvalue weighted by atomic mass is 10.0. The van der Waals surface area contributed by atoms with Crippen molar-refractivity contribution in [1.29, 1.82) is 0 Å². The summed E-state index contributed by atoms with van der Waals surface area (Å²) in [5.74, 6) is -0.407. The Balaban J connectivity index is 1.51. The molecule has 0 radical (unpaired) electrons. The van der Waals surface area contributed by atoms with E-state index in [1.807, 2.05) is 30.3 Å². The van der Waals surface area contributed by atoms with Gasteiger partial charge in [-0.15, -0.1) is 0 Å². The first kappa shape index (κ1) is 30.8. The molecule has 0 fully saturated rings. The molecule has 4 N–H and O–H groups in total. The summed E-state index contributed by atoms with van der Waals surface area (Å²) in [4.78, 5) is 26.3. The van der Waals surface area contributed by atoms with Gasteiger partial charge in [-0.25, -0.2) is 17.9 Å². The van der Waals surface area contributed by atoms with E-state index in [-0.39, 0.29) is 11.3 Å². The third-order valence-corrected chi connectivity index (χ3v) is 8.16. The summed E-state index contributed by atoms with van der Waals surface area (Å²) in [5.41, 5.74) is 2.47. The van der Waals surface area contributed by atoms with Crippen LogP contribution in [0, 0.1) is 0 Å². The second-order valence-corrected chi connectivity index (χ2v) is 12.9. The number of anilines is 2. The number of urea groups is 1. The molecule has 4 aromatic rings. The number of hydrogen-bond acceptors (Lipinski definition) is 4. The quantitative estimate of drug-likeness (QED) is 0.175. The number of carbonyl (C=O) groups excluding carboxylic acids is 2. The summed E-state index contributed by atoms with van der Waals surface area (Å²) < 4.78 is 28.9. The fraction of sp³-hybridized carbons (Fsp3) is 0.188. The Morgan fingerprint density at radius 2 is 1.33 bits per heavy atom. The van der Waals surface area contributed by atoms with Crippen LogP contribution >= 0.6 is 11.6 Å². The average molecular weight is 605 g/mol. The third kappa shape index (κ3) is 8.66. The van der Waals surface area contributed by atoms with Gasteiger partial charge >= 0.3 is 6.03 Å². The Labute approximate surface area is 251 Å². The highest BCUT2D eigenvalue weighted by atomic mass is 35.5. The lowest BCUT2D eigenvalue weighted by molar-refractivity contribution is -0.117. The summed E-state index contributed by atoms with van der Waals surface area (Å²) in [7, 11) is -3.78. The lowest BCUT2D eigenvalue weighted by Crippen LogP contribution is -2.46. The molecule has 0 aliphatic carbocycles. The van der Waals surface area contributed by atoms with Gasteiger partial charge in [-0.1, -0.05) is 72.3 Å². The van der Waals surface area contributed by atoms with Crippen LogP contribution in [0.2, 0.25) is 5.02 Å². The number of rotatable bonds is 9. The van der Waals surface area contributed by atoms with Crippen LogP contribution in [-0.2, 0) is 21.2 Å². The maximum atomic E-state index is 13.4. The standard InChI is InChI=1S/C32H33ClN4O4S/c1-32(2,3)37-42(40,41)29-12-8-7-11-27(29)23-13-17-25(18-14-23)34-30(38)28(21-22-9-5-4-6-10-22)36-31(39)35-26-19-15-24(33)16-20-26/h4-20,28,37H,21H2,1-3H3,(H,34,38)(H2,35,36,39)/t28-/m1/s1. The van der Waals surface area contributed by atoms with Gasteiger partial charge in [-0.2, -0.15) is 0 Å². The van der Waals surface area contributed by atoms with Crippen LogP contribution in [0.5, 0.6) is 0 Å². The molecule has 0 aliphatic heterocycles. The Morgan fingerprint density at radius 1 is 0.762 bits per heavy atom. The van der Waals surface area contributed by atoms with Gasteiger partial charge in [-0.05, 0) is 74.4 Å². The van der Waals surface area contributed by atoms with Gasteiger partial charge in [-0.3, -0.25) is 4.79 Å². The normalized spacial score (nSPS) is 12.3. The van der Waals surface area contributed by atoms with Crippen molar-refractivity contribution in [2.45, 2.75) is 43.7 Å². The number of amides is 3. The van der Waals surface area contributed by atoms with E-state index in [9.17, 15) is 18.0 Å². The zero-order chi connectivity index (χ0) is 30.3. The van der Waals surface area contributed by atoms with E-state index in [1.165, 1.54) is 0 Å². The van der Waals surface area contributed by atoms with E-state index < -0.39 is 33.5 Å². The summed E-state index contributed by atoms with van der Waals surface area (Å²) in [6.07, 6.45) is 0.269. The highest BCUT2D eigenvalue weighted by Gasteiger charge is 2.25. The lowest BCUT2D eigenvalue weighted by Gasteiger charge is -2.22. The van der Waals surface area contributed by atoms with Crippen LogP contribution < -0.4 is 20.7 Å². The first-order valence-corrected chi connectivity index (χ1v) is 15.2. The van der Waals surface area contributed by atoms with Crippen LogP contribution in [0.1, 0.15) is 26.3 Å². The SMILES string of the molecule is CC(C)(C)NS(=O)(=O)c1ccccc1-c1ccc(NC(=O)[C@@H](Cc2ccccc2)NC(=O)Nc2ccc(Cl)cc2)cc1. The monoisotopic (exact) mass is 604 g/mol. The Kier molecular flexibility index (Phi) is 9.67. The minimum Gasteiger partial charge on any atom is -0.326 e. The van der Waals surface area contributed by atoms with E-state index in [0.29, 0.717) is 27.5 Å². The highest BCUT2D eigenvalue weighted by molar-refractivity contribution is 7.89. The fourth-order valence-corrected chi connectivity index (χ4v) is 6.05. The third-order valence-electron chi connectivity index (χ3n) is 6.09. The molecule has 0 saturated heterocycles. The summed E-state index contributed by atoms with van der Waals surface area (Å²) >= 11 is 5.93. The second-order valence-electron chi connectivity index (χ2n) is 10.8. The first-order chi connectivity index (χ1) is 19.9. The number of benzene rings is 4. The van der Waals surface area contributed by atoms with Gasteiger partial charge < -0.3 is 16.0 Å². The zero-order valence-electron chi connectivity index (χ0n) is 23.5. The molecule has 0 aliphatic rings. The maximum absolute atomic E-state index is 13.4. The van der Waals surface area contributed by atoms with Gasteiger partial charge in [0, 0.05) is 33.9 Å². The predicted octanol–water partition coefficient (Wildman–Crippen LogP) is 6.46. The molecule has 0 aromatic heterocycles. The van der Waals surface area contributed by atoms with E-state index in [0.717, 1.165) is 5.56 Å². The zero-order valence-corrected chi connectivity index (χ0v) is 25.1. The molecule has 1 atom stereocenters. The molecule has 218 valence electrons. The van der Waals surface area contributed by atoms with Crippen molar-refractivity contribution in [3.05, 3.63) is 114 Å². The van der Waals surface area contributed by atoms with Crippen molar-refractivity contribution >= 4 is 44.9 Å². The molecule has 3 amide bonds. The average Bonchev–Trinajstić information content (AvgIpc) is 2.94. The van der Waals surface area contributed by atoms with Crippen LogP contribution in [0.4, 0.5) is 16.2 Å². The van der Waals surface area contributed by atoms with Crippen molar-refractivity contribution in [2.24, 2.45) is 0 Å². The van der Waals surface area contributed by atoms with Gasteiger partial charge in [0.1, 0.15) is 6.04 Å². The topological polar surface area (TPSA) is 116 Å². The van der Waals surface area contributed by atoms with E-state index >= 15 is 0 Å². The maximum Gasteiger partial charge on any atom is 0.319 e. The van der Waals surface area contributed by atoms with Crippen molar-refractivity contribution in [2.75, 3.05) is 10.6 Å². The summed E-state index contributed by atoms with van der Waals surface area (Å²) in [6, 6.07) is 28.2. The van der Waals surface area contributed by atoms with Crippen LogP contribution in [0.25, 0.3) is 11.1 Å². The minimum atomic E-state index is -3.78. The van der Waals surface area contributed by atoms with Crippen molar-refractivity contribution in [3.63, 3.8) is 0 Å². The summed E-state index contributed by atoms with van der Waals surface area (Å²) in [5, 5.41) is 8.88. The number of halogens is 1. The highest BCUT2D eigenvalue weighted by Crippen LogP contribution is 2.29. The van der Waals surface area contributed by atoms with Crippen LogP contribution in [-0.4, -0.2) is 31.9 Å². The molecule has 4 aromatic carbocycles. The minimum absolute atomic E-state index is 0.163. The Morgan fingerprint density at radius 3 is 1.98 bits per heavy atom. The largest absolute Gasteiger partial charge is 0.326 e. The molecule has 4 rings (SSSR count). The molecule has 0 saturated carbocycles. The molecule has 0 heterocycles. The first-order valence-electron chi connectivity index (χ1n) is 13.3. The van der Waals surface area contributed by atoms with Gasteiger partial charge in [0.15, 0.2) is 0 Å². The molecule has 8 nitrogen and oxygen atoms in total. The number of hydrogen-bond donors (Lipinski definition) is 4. The second kappa shape index (κ2) is 13.2. The molecule has 10 heteroatoms. The Hall–Kier alpha value is -4.18. The van der Waals surface area contributed by atoms with Crippen LogP contribution in [0.15, 0.2) is 108 Å². The number of sulfonamides is 1. The Bertz CT molecular complexity index is 1640. The van der Waals surface area contributed by atoms with E-state index in [2.05, 4.69) is 20.7 Å². The molecule has 42 heavy (non-hydrogen) atoms. The van der Waals surface area contributed by atoms with Gasteiger partial charge in [0.05, 0.1) is 4.90 Å². The van der Waals surface area contributed by atoms with Crippen molar-refractivity contribution < 1.29 is 18.0 Å². The molecule has 0 bridgehead atoms. The van der Waals surface area contributed by atoms with Gasteiger partial charge in [0.25, 0.3) is 0 Å². The predicted molar refractivity (Wildman–Crippen MR) is 168 cm³/mol.